The summed E-state index contributed by atoms with van der Waals surface area (Å²) in [5.41, 5.74) is 3.36. The van der Waals surface area contributed by atoms with Gasteiger partial charge in [-0.2, -0.15) is 0 Å². The van der Waals surface area contributed by atoms with Crippen molar-refractivity contribution in [3.8, 4) is 0 Å². The number of thioether (sulfide) groups is 1. The van der Waals surface area contributed by atoms with Gasteiger partial charge in [0.2, 0.25) is 0 Å². The van der Waals surface area contributed by atoms with Gasteiger partial charge in [0.05, 0.1) is 5.69 Å². The molecule has 1 amide bonds. The van der Waals surface area contributed by atoms with Crippen molar-refractivity contribution in [1.82, 2.24) is 0 Å². The fourth-order valence-corrected chi connectivity index (χ4v) is 3.10. The van der Waals surface area contributed by atoms with Gasteiger partial charge in [0.25, 0.3) is 5.91 Å². The summed E-state index contributed by atoms with van der Waals surface area (Å²) >= 11 is 1.61. The molecular formula is C22H19NOS. The van der Waals surface area contributed by atoms with E-state index in [4.69, 9.17) is 0 Å². The van der Waals surface area contributed by atoms with Crippen molar-refractivity contribution in [2.75, 3.05) is 11.6 Å². The van der Waals surface area contributed by atoms with Gasteiger partial charge in [0.1, 0.15) is 0 Å². The van der Waals surface area contributed by atoms with Crippen LogP contribution < -0.4 is 5.32 Å². The summed E-state index contributed by atoms with van der Waals surface area (Å²) in [6, 6.07) is 27.5. The van der Waals surface area contributed by atoms with Gasteiger partial charge in [0, 0.05) is 10.5 Å². The first-order valence-electron chi connectivity index (χ1n) is 8.04. The van der Waals surface area contributed by atoms with Crippen LogP contribution in [0.15, 0.2) is 89.8 Å². The Kier molecular flexibility index (Phi) is 5.70. The molecule has 2 nitrogen and oxygen atoms in total. The highest BCUT2D eigenvalue weighted by molar-refractivity contribution is 7.98. The first-order chi connectivity index (χ1) is 12.3. The van der Waals surface area contributed by atoms with Crippen LogP contribution in [0.2, 0.25) is 0 Å². The van der Waals surface area contributed by atoms with E-state index in [1.165, 1.54) is 0 Å². The highest BCUT2D eigenvalue weighted by Crippen LogP contribution is 2.27. The van der Waals surface area contributed by atoms with Crippen LogP contribution in [0.1, 0.15) is 11.1 Å². The molecule has 0 unspecified atom stereocenters. The van der Waals surface area contributed by atoms with Gasteiger partial charge in [-0.15, -0.1) is 11.8 Å². The average molecular weight is 345 g/mol. The van der Waals surface area contributed by atoms with Crippen molar-refractivity contribution in [1.29, 1.82) is 0 Å². The smallest absolute Gasteiger partial charge is 0.256 e. The number of anilines is 1. The van der Waals surface area contributed by atoms with Crippen molar-refractivity contribution in [3.05, 3.63) is 96.1 Å². The molecule has 0 aliphatic heterocycles. The zero-order chi connectivity index (χ0) is 17.5. The standard InChI is InChI=1S/C22H19NOS/c1-25-21-15-9-8-14-20(21)23-22(24)19(18-12-6-3-7-13-18)16-17-10-4-2-5-11-17/h2-16H,1H3,(H,23,24)/b19-16+. The van der Waals surface area contributed by atoms with Crippen LogP contribution in [0, 0.1) is 0 Å². The summed E-state index contributed by atoms with van der Waals surface area (Å²) in [7, 11) is 0. The Morgan fingerprint density at radius 3 is 2.12 bits per heavy atom. The summed E-state index contributed by atoms with van der Waals surface area (Å²) in [4.78, 5) is 14.0. The van der Waals surface area contributed by atoms with Gasteiger partial charge in [0.15, 0.2) is 0 Å². The van der Waals surface area contributed by atoms with E-state index in [1.807, 2.05) is 97.3 Å². The minimum atomic E-state index is -0.114. The molecule has 0 spiro atoms. The molecule has 0 saturated heterocycles. The molecule has 0 radical (unpaired) electrons. The van der Waals surface area contributed by atoms with E-state index in [9.17, 15) is 4.79 Å². The lowest BCUT2D eigenvalue weighted by Gasteiger charge is -2.12. The topological polar surface area (TPSA) is 29.1 Å². The number of rotatable bonds is 5. The van der Waals surface area contributed by atoms with Gasteiger partial charge < -0.3 is 5.32 Å². The zero-order valence-corrected chi connectivity index (χ0v) is 14.8. The highest BCUT2D eigenvalue weighted by Gasteiger charge is 2.13. The number of para-hydroxylation sites is 1. The third-order valence-corrected chi connectivity index (χ3v) is 4.59. The SMILES string of the molecule is CSc1ccccc1NC(=O)/C(=C/c1ccccc1)c1ccccc1. The minimum Gasteiger partial charge on any atom is -0.321 e. The zero-order valence-electron chi connectivity index (χ0n) is 14.0. The Hall–Kier alpha value is -2.78. The maximum atomic E-state index is 13.0. The minimum absolute atomic E-state index is 0.114. The van der Waals surface area contributed by atoms with Crippen molar-refractivity contribution < 1.29 is 4.79 Å². The normalized spacial score (nSPS) is 11.2. The monoisotopic (exact) mass is 345 g/mol. The second kappa shape index (κ2) is 8.36. The van der Waals surface area contributed by atoms with E-state index in [-0.39, 0.29) is 5.91 Å². The molecule has 0 aromatic heterocycles. The Labute approximate surface area is 152 Å². The van der Waals surface area contributed by atoms with Crippen LogP contribution in [0.3, 0.4) is 0 Å². The third kappa shape index (κ3) is 4.40. The maximum Gasteiger partial charge on any atom is 0.256 e. The Morgan fingerprint density at radius 1 is 0.840 bits per heavy atom. The lowest BCUT2D eigenvalue weighted by Crippen LogP contribution is -2.14. The van der Waals surface area contributed by atoms with E-state index in [0.29, 0.717) is 5.57 Å². The van der Waals surface area contributed by atoms with Crippen LogP contribution in [0.5, 0.6) is 0 Å². The second-order valence-corrected chi connectivity index (χ2v) is 6.34. The van der Waals surface area contributed by atoms with Crippen LogP contribution in [0.4, 0.5) is 5.69 Å². The summed E-state index contributed by atoms with van der Waals surface area (Å²) in [6.45, 7) is 0. The molecule has 3 rings (SSSR count). The van der Waals surface area contributed by atoms with E-state index in [2.05, 4.69) is 5.32 Å². The molecule has 0 atom stereocenters. The molecule has 124 valence electrons. The van der Waals surface area contributed by atoms with Crippen molar-refractivity contribution in [2.45, 2.75) is 4.90 Å². The molecule has 0 bridgehead atoms. The first kappa shape index (κ1) is 17.1. The van der Waals surface area contributed by atoms with Gasteiger partial charge in [-0.25, -0.2) is 0 Å². The molecule has 1 N–H and O–H groups in total. The lowest BCUT2D eigenvalue weighted by atomic mass is 10.0. The summed E-state index contributed by atoms with van der Waals surface area (Å²) < 4.78 is 0. The number of nitrogens with one attached hydrogen (secondary N) is 1. The molecule has 3 aromatic carbocycles. The fourth-order valence-electron chi connectivity index (χ4n) is 2.55. The summed E-state index contributed by atoms with van der Waals surface area (Å²) in [6.07, 6.45) is 3.93. The number of carbonyl (C=O) groups excluding carboxylic acids is 1. The van der Waals surface area contributed by atoms with E-state index in [1.54, 1.807) is 11.8 Å². The average Bonchev–Trinajstić information content (AvgIpc) is 2.68. The largest absolute Gasteiger partial charge is 0.321 e. The second-order valence-electron chi connectivity index (χ2n) is 5.49. The quantitative estimate of drug-likeness (QED) is 0.371. The number of amides is 1. The van der Waals surface area contributed by atoms with E-state index < -0.39 is 0 Å². The van der Waals surface area contributed by atoms with Gasteiger partial charge in [-0.1, -0.05) is 72.8 Å². The molecule has 25 heavy (non-hydrogen) atoms. The predicted octanol–water partition coefficient (Wildman–Crippen LogP) is 5.59. The number of hydrogen-bond donors (Lipinski definition) is 1. The molecule has 3 heteroatoms. The highest BCUT2D eigenvalue weighted by atomic mass is 32.2. The molecule has 0 fully saturated rings. The van der Waals surface area contributed by atoms with Gasteiger partial charge in [-0.3, -0.25) is 4.79 Å². The first-order valence-corrected chi connectivity index (χ1v) is 9.27. The van der Waals surface area contributed by atoms with E-state index in [0.717, 1.165) is 21.7 Å². The summed E-state index contributed by atoms with van der Waals surface area (Å²) in [5, 5.41) is 3.05. The van der Waals surface area contributed by atoms with Crippen LogP contribution >= 0.6 is 11.8 Å². The van der Waals surface area contributed by atoms with Gasteiger partial charge in [-0.05, 0) is 35.6 Å². The van der Waals surface area contributed by atoms with Crippen LogP contribution in [0.25, 0.3) is 11.6 Å². The van der Waals surface area contributed by atoms with Crippen molar-refractivity contribution >= 4 is 35.0 Å². The third-order valence-electron chi connectivity index (χ3n) is 3.80. The van der Waals surface area contributed by atoms with Crippen molar-refractivity contribution in [2.24, 2.45) is 0 Å². The van der Waals surface area contributed by atoms with Crippen molar-refractivity contribution in [3.63, 3.8) is 0 Å². The van der Waals surface area contributed by atoms with E-state index >= 15 is 0 Å². The Morgan fingerprint density at radius 2 is 1.44 bits per heavy atom. The molecule has 0 aliphatic carbocycles. The molecule has 3 aromatic rings. The number of hydrogen-bond acceptors (Lipinski definition) is 2. The maximum absolute atomic E-state index is 13.0. The number of benzene rings is 3. The molecule has 0 aliphatic rings. The van der Waals surface area contributed by atoms with Crippen LogP contribution in [-0.2, 0) is 4.79 Å². The van der Waals surface area contributed by atoms with Gasteiger partial charge >= 0.3 is 0 Å². The molecular weight excluding hydrogens is 326 g/mol. The Balaban J connectivity index is 1.97. The van der Waals surface area contributed by atoms with Crippen LogP contribution in [-0.4, -0.2) is 12.2 Å². The molecule has 0 saturated carbocycles. The Bertz CT molecular complexity index is 873. The molecule has 0 heterocycles. The number of carbonyl (C=O) groups is 1. The summed E-state index contributed by atoms with van der Waals surface area (Å²) in [5.74, 6) is -0.114. The predicted molar refractivity (Wildman–Crippen MR) is 108 cm³/mol. The fraction of sp³-hybridized carbons (Fsp3) is 0.0455. The lowest BCUT2D eigenvalue weighted by molar-refractivity contribution is -0.111.